The van der Waals surface area contributed by atoms with Gasteiger partial charge in [-0.05, 0) is 25.8 Å². The first-order chi connectivity index (χ1) is 21.6. The molecule has 2 aliphatic rings. The highest BCUT2D eigenvalue weighted by atomic mass is 31.2. The number of aromatic hydroxyl groups is 1. The Hall–Kier alpha value is -3.44. The maximum absolute atomic E-state index is 12.7. The summed E-state index contributed by atoms with van der Waals surface area (Å²) in [7, 11) is -8.05. The zero-order valence-electron chi connectivity index (χ0n) is 24.8. The number of cyclic esters (lactones) is 1. The topological polar surface area (TPSA) is 268 Å². The summed E-state index contributed by atoms with van der Waals surface area (Å²) in [6, 6.07) is 0. The molecule has 250 valence electrons. The Morgan fingerprint density at radius 1 is 1.17 bits per heavy atom. The monoisotopic (exact) mass is 685 g/mol. The number of carbonyl (C=O) groups excluding carboxylic acids is 1. The highest BCUT2D eigenvalue weighted by Gasteiger charge is 2.46. The first-order valence-corrected chi connectivity index (χ1v) is 17.3. The lowest BCUT2D eigenvalue weighted by atomic mass is 9.95. The molecule has 2 aromatic heterocycles. The first-order valence-electron chi connectivity index (χ1n) is 13.8. The molecule has 0 saturated carbocycles. The number of aromatic nitrogens is 4. The molecule has 2 unspecified atom stereocenters. The van der Waals surface area contributed by atoms with Gasteiger partial charge in [0.15, 0.2) is 23.6 Å². The summed E-state index contributed by atoms with van der Waals surface area (Å²) in [6.07, 6.45) is -1.51. The minimum absolute atomic E-state index is 0.0164. The van der Waals surface area contributed by atoms with Gasteiger partial charge in [0.2, 0.25) is 0 Å². The maximum Gasteiger partial charge on any atom is 0.342 e. The number of allylic oxidation sites excluding steroid dienone is 1. The van der Waals surface area contributed by atoms with Crippen molar-refractivity contribution in [2.75, 3.05) is 32.0 Å². The van der Waals surface area contributed by atoms with Gasteiger partial charge in [-0.3, -0.25) is 13.7 Å². The van der Waals surface area contributed by atoms with Gasteiger partial charge in [-0.25, -0.2) is 19.7 Å². The molecule has 0 radical (unpaired) electrons. The zero-order valence-corrected chi connectivity index (χ0v) is 26.6. The number of rotatable bonds is 12. The first kappa shape index (κ1) is 33.9. The van der Waals surface area contributed by atoms with E-state index >= 15 is 0 Å². The number of hydrogen-bond donors (Lipinski definition) is 6. The van der Waals surface area contributed by atoms with Crippen molar-refractivity contribution in [1.82, 2.24) is 19.5 Å². The molecule has 0 bridgehead atoms. The van der Waals surface area contributed by atoms with Crippen molar-refractivity contribution in [3.05, 3.63) is 46.6 Å². The van der Waals surface area contributed by atoms with Crippen molar-refractivity contribution in [1.29, 1.82) is 0 Å². The molecule has 0 spiro atoms. The van der Waals surface area contributed by atoms with Crippen LogP contribution in [0, 0.1) is 6.92 Å². The van der Waals surface area contributed by atoms with E-state index in [2.05, 4.69) is 15.0 Å². The summed E-state index contributed by atoms with van der Waals surface area (Å²) in [5.41, 5.74) is 8.18. The van der Waals surface area contributed by atoms with Crippen LogP contribution in [0.5, 0.6) is 11.5 Å². The van der Waals surface area contributed by atoms with Crippen LogP contribution in [0.4, 0.5) is 5.82 Å². The van der Waals surface area contributed by atoms with Crippen LogP contribution in [0.15, 0.2) is 24.3 Å². The molecule has 0 aliphatic carbocycles. The molecule has 0 amide bonds. The van der Waals surface area contributed by atoms with Gasteiger partial charge in [0, 0.05) is 11.1 Å². The molecule has 4 heterocycles. The number of fused-ring (bicyclic) bond motifs is 2. The van der Waals surface area contributed by atoms with E-state index in [1.54, 1.807) is 19.9 Å². The van der Waals surface area contributed by atoms with Crippen molar-refractivity contribution < 1.29 is 62.3 Å². The second-order valence-electron chi connectivity index (χ2n) is 10.8. The minimum atomic E-state index is -4.78. The Morgan fingerprint density at radius 2 is 1.89 bits per heavy atom. The van der Waals surface area contributed by atoms with Gasteiger partial charge in [0.1, 0.15) is 53.8 Å². The number of methoxy groups -OCH3 is 1. The SMILES string of the molecule is COc1c(C)c2c(c(O)c1C/C=C(\C)COP(=O)(O)CP(=O)(O)OC[C@H]1O[C@@H](n3cnc4c(N)ncnc43)[C@H](O)[C@@H]1O)C(=O)OC2. The molecule has 46 heavy (non-hydrogen) atoms. The van der Waals surface area contributed by atoms with E-state index in [0.29, 0.717) is 28.0 Å². The van der Waals surface area contributed by atoms with Crippen molar-refractivity contribution in [2.24, 2.45) is 0 Å². The summed E-state index contributed by atoms with van der Waals surface area (Å²) < 4.78 is 52.8. The molecule has 18 nitrogen and oxygen atoms in total. The van der Waals surface area contributed by atoms with Gasteiger partial charge in [0.25, 0.3) is 0 Å². The van der Waals surface area contributed by atoms with Crippen LogP contribution in [0.3, 0.4) is 0 Å². The molecule has 1 aromatic carbocycles. The number of nitrogens with two attached hydrogens (primary N) is 1. The Labute approximate surface area is 261 Å². The molecular formula is C26H33N5O13P2. The smallest absolute Gasteiger partial charge is 0.342 e. The van der Waals surface area contributed by atoms with Crippen LogP contribution >= 0.6 is 15.2 Å². The molecule has 1 saturated heterocycles. The summed E-state index contributed by atoms with van der Waals surface area (Å²) in [6.45, 7) is 2.17. The van der Waals surface area contributed by atoms with Gasteiger partial charge in [-0.1, -0.05) is 11.6 Å². The molecule has 5 rings (SSSR count). The minimum Gasteiger partial charge on any atom is -0.507 e. The number of ether oxygens (including phenoxy) is 3. The Morgan fingerprint density at radius 3 is 2.61 bits per heavy atom. The third-order valence-corrected chi connectivity index (χ3v) is 11.5. The van der Waals surface area contributed by atoms with Crippen LogP contribution < -0.4 is 10.5 Å². The van der Waals surface area contributed by atoms with Crippen molar-refractivity contribution in [3.8, 4) is 11.5 Å². The fraction of sp³-hybridized carbons (Fsp3) is 0.462. The second-order valence-corrected chi connectivity index (χ2v) is 15.0. The van der Waals surface area contributed by atoms with Crippen molar-refractivity contribution >= 4 is 38.1 Å². The fourth-order valence-electron chi connectivity index (χ4n) is 5.22. The Kier molecular flexibility index (Phi) is 9.57. The van der Waals surface area contributed by atoms with E-state index in [0.717, 1.165) is 0 Å². The van der Waals surface area contributed by atoms with Gasteiger partial charge in [-0.15, -0.1) is 0 Å². The van der Waals surface area contributed by atoms with Crippen LogP contribution in [0.1, 0.15) is 40.2 Å². The highest BCUT2D eigenvalue weighted by molar-refractivity contribution is 7.70. The number of hydrogen-bond acceptors (Lipinski definition) is 15. The highest BCUT2D eigenvalue weighted by Crippen LogP contribution is 2.58. The number of anilines is 1. The number of nitrogens with zero attached hydrogens (tertiary/aromatic N) is 4. The second kappa shape index (κ2) is 13.0. The predicted molar refractivity (Wildman–Crippen MR) is 158 cm³/mol. The number of aliphatic hydroxyl groups is 2. The lowest BCUT2D eigenvalue weighted by molar-refractivity contribution is -0.0483. The van der Waals surface area contributed by atoms with Crippen molar-refractivity contribution in [3.63, 3.8) is 0 Å². The van der Waals surface area contributed by atoms with E-state index in [1.165, 1.54) is 24.3 Å². The lowest BCUT2D eigenvalue weighted by Crippen LogP contribution is -2.33. The van der Waals surface area contributed by atoms with E-state index in [4.69, 9.17) is 29.0 Å². The predicted octanol–water partition coefficient (Wildman–Crippen LogP) is 1.27. The van der Waals surface area contributed by atoms with E-state index in [1.807, 2.05) is 0 Å². The van der Waals surface area contributed by atoms with Crippen molar-refractivity contribution in [2.45, 2.75) is 51.4 Å². The van der Waals surface area contributed by atoms with Crippen LogP contribution in [-0.4, -0.2) is 95.1 Å². The van der Waals surface area contributed by atoms with Gasteiger partial charge >= 0.3 is 21.2 Å². The standard InChI is InChI=1S/C26H33N5O13P2/c1-12(4-5-14-19(32)17-15(7-41-26(17)35)13(2)22(14)40-3)6-42-45(36,37)11-46(38,39)43-8-16-20(33)21(34)25(44-16)31-10-30-18-23(27)28-9-29-24(18)31/h4,9-10,16,20-21,25,32-34H,5-8,11H2,1-3H3,(H,36,37)(H,38,39)(H2,27,28,29)/b12-4+/t16-,20-,21-,25-/m1/s1. The largest absolute Gasteiger partial charge is 0.507 e. The summed E-state index contributed by atoms with van der Waals surface area (Å²) in [5.74, 6) is -1.77. The Bertz CT molecular complexity index is 1800. The normalized spacial score (nSPS) is 24.1. The third-order valence-electron chi connectivity index (χ3n) is 7.59. The summed E-state index contributed by atoms with van der Waals surface area (Å²) in [4.78, 5) is 44.6. The van der Waals surface area contributed by atoms with E-state index in [9.17, 15) is 39.0 Å². The summed E-state index contributed by atoms with van der Waals surface area (Å²) in [5, 5.41) is 31.8. The average Bonchev–Trinajstić information content (AvgIpc) is 3.68. The molecule has 3 aromatic rings. The Balaban J connectivity index is 1.17. The molecule has 6 atom stereocenters. The number of benzene rings is 1. The third kappa shape index (κ3) is 6.67. The lowest BCUT2D eigenvalue weighted by Gasteiger charge is -2.20. The van der Waals surface area contributed by atoms with E-state index in [-0.39, 0.29) is 41.3 Å². The molecular weight excluding hydrogens is 652 g/mol. The number of phenolic OH excluding ortho intramolecular Hbond substituents is 1. The van der Waals surface area contributed by atoms with Gasteiger partial charge < -0.3 is 54.1 Å². The van der Waals surface area contributed by atoms with Gasteiger partial charge in [-0.2, -0.15) is 0 Å². The molecule has 20 heteroatoms. The number of esters is 1. The number of carbonyl (C=O) groups is 1. The number of imidazole rings is 1. The number of phenols is 1. The summed E-state index contributed by atoms with van der Waals surface area (Å²) >= 11 is 0. The fourth-order valence-corrected chi connectivity index (χ4v) is 8.46. The number of aliphatic hydroxyl groups excluding tert-OH is 2. The molecule has 1 fully saturated rings. The average molecular weight is 686 g/mol. The van der Waals surface area contributed by atoms with Gasteiger partial charge in [0.05, 0.1) is 26.7 Å². The van der Waals surface area contributed by atoms with Crippen LogP contribution in [0.25, 0.3) is 11.2 Å². The zero-order chi connectivity index (χ0) is 33.6. The molecule has 2 aliphatic heterocycles. The molecule has 7 N–H and O–H groups in total. The quantitative estimate of drug-likeness (QED) is 0.0890. The van der Waals surface area contributed by atoms with E-state index < -0.39 is 64.8 Å². The van der Waals surface area contributed by atoms with Crippen LogP contribution in [-0.2, 0) is 40.7 Å². The maximum atomic E-state index is 12.7. The van der Waals surface area contributed by atoms with Crippen LogP contribution in [0.2, 0.25) is 0 Å². The number of nitrogen functional groups attached to an aromatic ring is 1.